The molecule has 0 unspecified atom stereocenters. The lowest BCUT2D eigenvalue weighted by Gasteiger charge is -2.29. The molecule has 6 heteroatoms. The Bertz CT molecular complexity index is 481. The number of hydrogen-bond acceptors (Lipinski definition) is 4. The van der Waals surface area contributed by atoms with Crippen LogP contribution in [-0.4, -0.2) is 17.3 Å². The summed E-state index contributed by atoms with van der Waals surface area (Å²) in [5.74, 6) is 1.05. The van der Waals surface area contributed by atoms with Crippen LogP contribution in [-0.2, 0) is 0 Å². The van der Waals surface area contributed by atoms with Crippen LogP contribution in [0, 0.1) is 22.5 Å². The van der Waals surface area contributed by atoms with Gasteiger partial charge in [-0.15, -0.1) is 0 Å². The Labute approximate surface area is 133 Å². The van der Waals surface area contributed by atoms with Crippen LogP contribution in [0.5, 0.6) is 5.75 Å². The molecule has 0 fully saturated rings. The van der Waals surface area contributed by atoms with Gasteiger partial charge in [0.05, 0.1) is 11.5 Å². The van der Waals surface area contributed by atoms with Crippen LogP contribution in [0.2, 0.25) is 0 Å². The SMILES string of the molecule is CCC(CC)(CS)COc1c(C)cc(Br)cc1[N+](=O)[O-]. The molecule has 0 aliphatic heterocycles. The summed E-state index contributed by atoms with van der Waals surface area (Å²) in [4.78, 5) is 10.7. The van der Waals surface area contributed by atoms with Crippen LogP contribution in [0.15, 0.2) is 16.6 Å². The van der Waals surface area contributed by atoms with Crippen LogP contribution in [0.3, 0.4) is 0 Å². The summed E-state index contributed by atoms with van der Waals surface area (Å²) in [6.45, 7) is 6.43. The van der Waals surface area contributed by atoms with Crippen LogP contribution < -0.4 is 4.74 Å². The molecule has 0 aliphatic rings. The molecule has 0 saturated carbocycles. The molecule has 0 heterocycles. The fourth-order valence-corrected chi connectivity index (χ4v) is 3.08. The quantitative estimate of drug-likeness (QED) is 0.431. The molecule has 1 aromatic carbocycles. The van der Waals surface area contributed by atoms with Gasteiger partial charge in [0.1, 0.15) is 0 Å². The molecule has 20 heavy (non-hydrogen) atoms. The standard InChI is InChI=1S/C14H20BrNO3S/c1-4-14(5-2,9-20)8-19-13-10(3)6-11(15)7-12(13)16(17)18/h6-7,20H,4-5,8-9H2,1-3H3. The van der Waals surface area contributed by atoms with Crippen molar-refractivity contribution in [3.05, 3.63) is 32.3 Å². The van der Waals surface area contributed by atoms with Crippen LogP contribution in [0.1, 0.15) is 32.3 Å². The number of nitrogens with zero attached hydrogens (tertiary/aromatic N) is 1. The van der Waals surface area contributed by atoms with Crippen LogP contribution in [0.25, 0.3) is 0 Å². The summed E-state index contributed by atoms with van der Waals surface area (Å²) in [6.07, 6.45) is 1.85. The molecule has 0 spiro atoms. The Morgan fingerprint density at radius 1 is 1.40 bits per heavy atom. The van der Waals surface area contributed by atoms with E-state index in [1.54, 1.807) is 0 Å². The van der Waals surface area contributed by atoms with Gasteiger partial charge in [0.2, 0.25) is 0 Å². The van der Waals surface area contributed by atoms with Gasteiger partial charge in [-0.1, -0.05) is 29.8 Å². The smallest absolute Gasteiger partial charge is 0.312 e. The molecule has 1 rings (SSSR count). The van der Waals surface area contributed by atoms with E-state index in [1.807, 2.05) is 13.0 Å². The summed E-state index contributed by atoms with van der Waals surface area (Å²) in [5.41, 5.74) is 0.708. The number of hydrogen-bond donors (Lipinski definition) is 1. The van der Waals surface area contributed by atoms with E-state index in [9.17, 15) is 10.1 Å². The molecule has 1 aromatic rings. The highest BCUT2D eigenvalue weighted by Crippen LogP contribution is 2.36. The zero-order valence-electron chi connectivity index (χ0n) is 12.0. The highest BCUT2D eigenvalue weighted by atomic mass is 79.9. The van der Waals surface area contributed by atoms with Gasteiger partial charge in [-0.25, -0.2) is 0 Å². The second kappa shape index (κ2) is 7.31. The van der Waals surface area contributed by atoms with E-state index in [2.05, 4.69) is 42.4 Å². The Kier molecular flexibility index (Phi) is 6.33. The van der Waals surface area contributed by atoms with E-state index in [4.69, 9.17) is 4.74 Å². The van der Waals surface area contributed by atoms with Gasteiger partial charge in [0.25, 0.3) is 0 Å². The molecule has 0 saturated heterocycles. The normalized spacial score (nSPS) is 11.4. The highest BCUT2D eigenvalue weighted by molar-refractivity contribution is 9.10. The third-order valence-electron chi connectivity index (χ3n) is 3.77. The Balaban J connectivity index is 3.06. The first-order valence-electron chi connectivity index (χ1n) is 6.57. The van der Waals surface area contributed by atoms with Crippen LogP contribution in [0.4, 0.5) is 5.69 Å². The summed E-state index contributed by atoms with van der Waals surface area (Å²) < 4.78 is 6.49. The van der Waals surface area contributed by atoms with Crippen molar-refractivity contribution >= 4 is 34.2 Å². The predicted octanol–water partition coefficient (Wildman–Crippen LogP) is 4.78. The largest absolute Gasteiger partial charge is 0.486 e. The fraction of sp³-hybridized carbons (Fsp3) is 0.571. The number of ether oxygens (including phenoxy) is 1. The minimum Gasteiger partial charge on any atom is -0.486 e. The zero-order valence-corrected chi connectivity index (χ0v) is 14.5. The molecular weight excluding hydrogens is 342 g/mol. The maximum atomic E-state index is 11.1. The third-order valence-corrected chi connectivity index (χ3v) is 4.90. The number of nitro benzene ring substituents is 1. The van der Waals surface area contributed by atoms with Gasteiger partial charge >= 0.3 is 5.69 Å². The molecule has 0 amide bonds. The first-order valence-corrected chi connectivity index (χ1v) is 8.00. The van der Waals surface area contributed by atoms with E-state index in [1.165, 1.54) is 6.07 Å². The first-order chi connectivity index (χ1) is 9.39. The number of halogens is 1. The van der Waals surface area contributed by atoms with Gasteiger partial charge in [0.15, 0.2) is 5.75 Å². The molecule has 0 N–H and O–H groups in total. The van der Waals surface area contributed by atoms with Gasteiger partial charge in [0, 0.05) is 16.0 Å². The number of aryl methyl sites for hydroxylation is 1. The van der Waals surface area contributed by atoms with Crippen molar-refractivity contribution in [3.63, 3.8) is 0 Å². The van der Waals surface area contributed by atoms with E-state index in [0.29, 0.717) is 22.6 Å². The Hall–Kier alpha value is -0.750. The summed E-state index contributed by atoms with van der Waals surface area (Å²) in [7, 11) is 0. The van der Waals surface area contributed by atoms with E-state index < -0.39 is 4.92 Å². The molecule has 0 aliphatic carbocycles. The molecule has 0 bridgehead atoms. The Morgan fingerprint density at radius 3 is 2.45 bits per heavy atom. The van der Waals surface area contributed by atoms with Gasteiger partial charge in [-0.3, -0.25) is 10.1 Å². The summed E-state index contributed by atoms with van der Waals surface area (Å²) in [5, 5.41) is 11.1. The molecule has 0 atom stereocenters. The molecule has 112 valence electrons. The van der Waals surface area contributed by atoms with Crippen molar-refractivity contribution in [3.8, 4) is 5.75 Å². The highest BCUT2D eigenvalue weighted by Gasteiger charge is 2.28. The van der Waals surface area contributed by atoms with Gasteiger partial charge in [-0.2, -0.15) is 12.6 Å². The van der Waals surface area contributed by atoms with Crippen LogP contribution >= 0.6 is 28.6 Å². The minimum absolute atomic E-state index is 0.00264. The molecular formula is C14H20BrNO3S. The lowest BCUT2D eigenvalue weighted by atomic mass is 9.85. The molecule has 4 nitrogen and oxygen atoms in total. The van der Waals surface area contributed by atoms with Gasteiger partial charge < -0.3 is 4.74 Å². The Morgan fingerprint density at radius 2 is 2.00 bits per heavy atom. The summed E-state index contributed by atoms with van der Waals surface area (Å²) >= 11 is 7.67. The number of rotatable bonds is 7. The topological polar surface area (TPSA) is 52.4 Å². The van der Waals surface area contributed by atoms with E-state index in [0.717, 1.165) is 18.4 Å². The fourth-order valence-electron chi connectivity index (χ4n) is 1.98. The van der Waals surface area contributed by atoms with Crippen molar-refractivity contribution in [1.82, 2.24) is 0 Å². The first kappa shape index (κ1) is 17.3. The zero-order chi connectivity index (χ0) is 15.3. The van der Waals surface area contributed by atoms with Crippen molar-refractivity contribution in [2.45, 2.75) is 33.6 Å². The lowest BCUT2D eigenvalue weighted by molar-refractivity contribution is -0.386. The summed E-state index contributed by atoms with van der Waals surface area (Å²) in [6, 6.07) is 3.30. The maximum Gasteiger partial charge on any atom is 0.312 e. The number of nitro groups is 1. The maximum absolute atomic E-state index is 11.1. The number of benzene rings is 1. The second-order valence-corrected chi connectivity index (χ2v) is 6.21. The van der Waals surface area contributed by atoms with E-state index in [-0.39, 0.29) is 11.1 Å². The van der Waals surface area contributed by atoms with Gasteiger partial charge in [-0.05, 0) is 37.1 Å². The average molecular weight is 362 g/mol. The molecule has 0 radical (unpaired) electrons. The average Bonchev–Trinajstić information content (AvgIpc) is 2.41. The molecule has 0 aromatic heterocycles. The van der Waals surface area contributed by atoms with Crippen molar-refractivity contribution in [2.75, 3.05) is 12.4 Å². The van der Waals surface area contributed by atoms with E-state index >= 15 is 0 Å². The third kappa shape index (κ3) is 3.88. The predicted molar refractivity (Wildman–Crippen MR) is 87.9 cm³/mol. The minimum atomic E-state index is -0.409. The second-order valence-electron chi connectivity index (χ2n) is 4.98. The monoisotopic (exact) mass is 361 g/mol. The van der Waals surface area contributed by atoms with Crippen molar-refractivity contribution < 1.29 is 9.66 Å². The van der Waals surface area contributed by atoms with Crippen molar-refractivity contribution in [1.29, 1.82) is 0 Å². The van der Waals surface area contributed by atoms with Crippen molar-refractivity contribution in [2.24, 2.45) is 5.41 Å². The lowest BCUT2D eigenvalue weighted by Crippen LogP contribution is -2.29. The number of thiol groups is 1.